The van der Waals surface area contributed by atoms with E-state index in [1.807, 2.05) is 6.92 Å². The summed E-state index contributed by atoms with van der Waals surface area (Å²) in [6.45, 7) is 11.0. The van der Waals surface area contributed by atoms with Gasteiger partial charge in [0.1, 0.15) is 6.10 Å². The average Bonchev–Trinajstić information content (AvgIpc) is 2.88. The van der Waals surface area contributed by atoms with Gasteiger partial charge >= 0.3 is 0 Å². The Morgan fingerprint density at radius 1 is 1.43 bits per heavy atom. The molecule has 0 aromatic carbocycles. The Hall–Kier alpha value is 0.0969. The third-order valence-corrected chi connectivity index (χ3v) is 5.71. The van der Waals surface area contributed by atoms with Gasteiger partial charge in [-0.15, -0.1) is 0 Å². The van der Waals surface area contributed by atoms with E-state index in [0.29, 0.717) is 11.8 Å². The lowest BCUT2D eigenvalue weighted by Crippen LogP contribution is -2.46. The summed E-state index contributed by atoms with van der Waals surface area (Å²) in [5, 5.41) is 0. The minimum atomic E-state index is -1.65. The molecule has 1 saturated heterocycles. The highest BCUT2D eigenvalue weighted by atomic mass is 28.4. The van der Waals surface area contributed by atoms with E-state index in [-0.39, 0.29) is 0 Å². The van der Waals surface area contributed by atoms with Crippen LogP contribution < -0.4 is 0 Å². The van der Waals surface area contributed by atoms with Crippen LogP contribution >= 0.6 is 0 Å². The van der Waals surface area contributed by atoms with Gasteiger partial charge in [0, 0.05) is 6.61 Å². The van der Waals surface area contributed by atoms with E-state index in [2.05, 4.69) is 20.0 Å². The molecule has 2 atom stereocenters. The summed E-state index contributed by atoms with van der Waals surface area (Å²) in [7, 11) is -1.65. The van der Waals surface area contributed by atoms with Crippen molar-refractivity contribution in [3.05, 3.63) is 0 Å². The Morgan fingerprint density at radius 2 is 2.07 bits per heavy atom. The van der Waals surface area contributed by atoms with Crippen LogP contribution in [-0.2, 0) is 13.9 Å². The van der Waals surface area contributed by atoms with Crippen LogP contribution in [-0.4, -0.2) is 40.0 Å². The van der Waals surface area contributed by atoms with Gasteiger partial charge in [0.15, 0.2) is 0 Å². The van der Waals surface area contributed by atoms with Crippen LogP contribution in [0.5, 0.6) is 0 Å². The van der Waals surface area contributed by atoms with Crippen molar-refractivity contribution < 1.29 is 13.9 Å². The molecule has 0 saturated carbocycles. The van der Waals surface area contributed by atoms with Gasteiger partial charge in [-0.05, 0) is 26.4 Å². The molecule has 2 unspecified atom stereocenters. The Morgan fingerprint density at radius 3 is 2.50 bits per heavy atom. The van der Waals surface area contributed by atoms with Crippen molar-refractivity contribution >= 4 is 8.32 Å². The highest BCUT2D eigenvalue weighted by Crippen LogP contribution is 2.19. The normalized spacial score (nSPS) is 23.6. The molecule has 0 aliphatic carbocycles. The monoisotopic (exact) mass is 218 g/mol. The molecule has 0 spiro atoms. The van der Waals surface area contributed by atoms with Crippen molar-refractivity contribution in [1.82, 2.24) is 0 Å². The van der Waals surface area contributed by atoms with Crippen molar-refractivity contribution in [3.63, 3.8) is 0 Å². The third-order valence-electron chi connectivity index (χ3n) is 2.55. The predicted octanol–water partition coefficient (Wildman–Crippen LogP) is 1.96. The highest BCUT2D eigenvalue weighted by Gasteiger charge is 2.35. The zero-order chi connectivity index (χ0) is 10.6. The van der Waals surface area contributed by atoms with E-state index in [1.165, 1.54) is 0 Å². The number of epoxide rings is 1. The first kappa shape index (κ1) is 12.2. The predicted molar refractivity (Wildman–Crippen MR) is 58.9 cm³/mol. The lowest BCUT2D eigenvalue weighted by Gasteiger charge is -2.30. The molecule has 1 fully saturated rings. The summed E-state index contributed by atoms with van der Waals surface area (Å²) in [5.41, 5.74) is 0.298. The van der Waals surface area contributed by atoms with Crippen LogP contribution in [0.4, 0.5) is 0 Å². The molecule has 1 rings (SSSR count). The molecule has 0 bridgehead atoms. The second-order valence-corrected chi connectivity index (χ2v) is 8.36. The van der Waals surface area contributed by atoms with Crippen molar-refractivity contribution in [2.45, 2.75) is 45.2 Å². The molecule has 0 N–H and O–H groups in total. The first-order chi connectivity index (χ1) is 6.60. The van der Waals surface area contributed by atoms with Gasteiger partial charge in [-0.25, -0.2) is 0 Å². The molecule has 3 nitrogen and oxygen atoms in total. The van der Waals surface area contributed by atoms with Crippen LogP contribution in [0, 0.1) is 0 Å². The minimum Gasteiger partial charge on any atom is -0.415 e. The first-order valence-corrected chi connectivity index (χ1v) is 8.45. The second-order valence-electron chi connectivity index (χ2n) is 4.22. The van der Waals surface area contributed by atoms with Gasteiger partial charge in [-0.2, -0.15) is 0 Å². The molecular formula is C10H22O3Si. The number of ether oxygens (including phenoxy) is 2. The molecule has 84 valence electrons. The molecular weight excluding hydrogens is 196 g/mol. The summed E-state index contributed by atoms with van der Waals surface area (Å²) < 4.78 is 16.8. The minimum absolute atomic E-state index is 0.298. The van der Waals surface area contributed by atoms with Crippen LogP contribution in [0.2, 0.25) is 13.1 Å². The van der Waals surface area contributed by atoms with Crippen molar-refractivity contribution in [1.29, 1.82) is 0 Å². The van der Waals surface area contributed by atoms with E-state index in [4.69, 9.17) is 13.9 Å². The summed E-state index contributed by atoms with van der Waals surface area (Å²) in [5.74, 6) is 0. The van der Waals surface area contributed by atoms with E-state index in [0.717, 1.165) is 26.2 Å². The quantitative estimate of drug-likeness (QED) is 0.483. The smallest absolute Gasteiger partial charge is 0.214 e. The molecule has 14 heavy (non-hydrogen) atoms. The zero-order valence-corrected chi connectivity index (χ0v) is 10.7. The van der Waals surface area contributed by atoms with Crippen LogP contribution in [0.3, 0.4) is 0 Å². The maximum Gasteiger partial charge on any atom is 0.214 e. The van der Waals surface area contributed by atoms with Crippen LogP contribution in [0.1, 0.15) is 20.3 Å². The first-order valence-electron chi connectivity index (χ1n) is 5.47. The summed E-state index contributed by atoms with van der Waals surface area (Å²) in [6, 6.07) is 0. The van der Waals surface area contributed by atoms with E-state index in [1.54, 1.807) is 0 Å². The molecule has 1 heterocycles. The molecule has 0 aromatic heterocycles. The average molecular weight is 218 g/mol. The molecule has 0 radical (unpaired) electrons. The molecule has 0 amide bonds. The fraction of sp³-hybridized carbons (Fsp3) is 1.00. The largest absolute Gasteiger partial charge is 0.415 e. The van der Waals surface area contributed by atoms with E-state index < -0.39 is 8.32 Å². The summed E-state index contributed by atoms with van der Waals surface area (Å²) in [6.07, 6.45) is 1.39. The fourth-order valence-corrected chi connectivity index (χ4v) is 4.07. The topological polar surface area (TPSA) is 31.0 Å². The lowest BCUT2D eigenvalue weighted by atomic mass is 10.5. The van der Waals surface area contributed by atoms with Gasteiger partial charge in [-0.3, -0.25) is 0 Å². The van der Waals surface area contributed by atoms with Crippen LogP contribution in [0.25, 0.3) is 0 Å². The summed E-state index contributed by atoms with van der Waals surface area (Å²) >= 11 is 0. The van der Waals surface area contributed by atoms with Gasteiger partial charge in [-0.1, -0.05) is 6.92 Å². The van der Waals surface area contributed by atoms with E-state index in [9.17, 15) is 0 Å². The Bertz CT molecular complexity index is 169. The Labute approximate surface area is 87.9 Å². The second kappa shape index (κ2) is 5.26. The van der Waals surface area contributed by atoms with Gasteiger partial charge in [0.05, 0.1) is 18.9 Å². The fourth-order valence-electron chi connectivity index (χ4n) is 1.66. The summed E-state index contributed by atoms with van der Waals surface area (Å²) in [4.78, 5) is 0. The highest BCUT2D eigenvalue weighted by molar-refractivity contribution is 6.72. The third kappa shape index (κ3) is 3.69. The molecule has 0 aromatic rings. The maximum atomic E-state index is 5.84. The van der Waals surface area contributed by atoms with Crippen molar-refractivity contribution in [3.8, 4) is 0 Å². The van der Waals surface area contributed by atoms with Gasteiger partial charge < -0.3 is 13.9 Å². The maximum absolute atomic E-state index is 5.84. The van der Waals surface area contributed by atoms with Crippen molar-refractivity contribution in [2.24, 2.45) is 0 Å². The lowest BCUT2D eigenvalue weighted by molar-refractivity contribution is 0.0685. The van der Waals surface area contributed by atoms with Gasteiger partial charge in [0.2, 0.25) is 8.32 Å². The number of hydrogen-bond acceptors (Lipinski definition) is 3. The number of rotatable bonds is 7. The number of hydrogen-bond donors (Lipinski definition) is 0. The van der Waals surface area contributed by atoms with Crippen molar-refractivity contribution in [2.75, 3.05) is 19.8 Å². The Balaban J connectivity index is 2.32. The Kier molecular flexibility index (Phi) is 4.57. The standard InChI is InChI=1S/C10H22O3Si/c1-5-10(12-8-9-7-11-9)14(3,4)13-6-2/h9-10H,5-8H2,1-4H3. The van der Waals surface area contributed by atoms with E-state index >= 15 is 0 Å². The molecule has 4 heteroatoms. The molecule has 1 aliphatic rings. The van der Waals surface area contributed by atoms with Gasteiger partial charge in [0.25, 0.3) is 0 Å². The SMILES string of the molecule is CCO[Si](C)(C)C(CC)OCC1CO1. The van der Waals surface area contributed by atoms with Crippen LogP contribution in [0.15, 0.2) is 0 Å². The zero-order valence-electron chi connectivity index (χ0n) is 9.71. The molecule has 1 aliphatic heterocycles.